The number of carbonyl (C=O) groups is 2. The van der Waals surface area contributed by atoms with E-state index in [2.05, 4.69) is 9.69 Å². The van der Waals surface area contributed by atoms with Gasteiger partial charge < -0.3 is 10.2 Å². The van der Waals surface area contributed by atoms with Crippen molar-refractivity contribution in [2.24, 2.45) is 0 Å². The Kier molecular flexibility index (Phi) is 4.02. The highest BCUT2D eigenvalue weighted by Crippen LogP contribution is 2.47. The molecule has 2 aliphatic rings. The van der Waals surface area contributed by atoms with Crippen LogP contribution in [0.4, 0.5) is 5.69 Å². The Morgan fingerprint density at radius 3 is 2.71 bits per heavy atom. The summed E-state index contributed by atoms with van der Waals surface area (Å²) in [6.45, 7) is 0.573. The Morgan fingerprint density at radius 2 is 1.96 bits per heavy atom. The van der Waals surface area contributed by atoms with Crippen molar-refractivity contribution in [3.8, 4) is 11.3 Å². The Bertz CT molecular complexity index is 1090. The molecule has 1 N–H and O–H groups in total. The number of anilines is 1. The van der Waals surface area contributed by atoms with Crippen LogP contribution in [-0.2, 0) is 6.54 Å². The Hall–Kier alpha value is -2.99. The van der Waals surface area contributed by atoms with Crippen molar-refractivity contribution in [2.45, 2.75) is 25.3 Å². The summed E-state index contributed by atoms with van der Waals surface area (Å²) >= 11 is 1.27. The third-order valence-corrected chi connectivity index (χ3v) is 6.18. The third kappa shape index (κ3) is 2.90. The van der Waals surface area contributed by atoms with Crippen LogP contribution >= 0.6 is 11.5 Å². The second-order valence-corrected chi connectivity index (χ2v) is 8.17. The zero-order chi connectivity index (χ0) is 19.3. The smallest absolute Gasteiger partial charge is 0.267 e. The van der Waals surface area contributed by atoms with Gasteiger partial charge in [0.1, 0.15) is 4.88 Å². The molecule has 5 rings (SSSR count). The van der Waals surface area contributed by atoms with Gasteiger partial charge in [0.25, 0.3) is 11.8 Å². The molecule has 1 aliphatic heterocycles. The van der Waals surface area contributed by atoms with Crippen molar-refractivity contribution in [1.82, 2.24) is 9.27 Å². The second kappa shape index (κ2) is 6.56. The van der Waals surface area contributed by atoms with E-state index in [0.717, 1.165) is 35.2 Å². The largest absolute Gasteiger partial charge is 0.337 e. The average Bonchev–Trinajstić information content (AvgIpc) is 3.38. The number of fused-ring (bicyclic) bond motifs is 1. The molecule has 0 bridgehead atoms. The quantitative estimate of drug-likeness (QED) is 0.713. The molecule has 1 fully saturated rings. The van der Waals surface area contributed by atoms with E-state index in [-0.39, 0.29) is 11.8 Å². The van der Waals surface area contributed by atoms with E-state index in [1.54, 1.807) is 24.1 Å². The predicted molar refractivity (Wildman–Crippen MR) is 110 cm³/mol. The summed E-state index contributed by atoms with van der Waals surface area (Å²) in [6.07, 6.45) is 2.21. The standard InChI is InChI=1S/C22H19N3O2S/c1-25-12-15-11-16(9-10-17(15)22(25)27)23-21(26)20-18(13-7-8-13)19(24-28-20)14-5-3-2-4-6-14/h2-6,9-11,13H,7-8,12H2,1H3,(H,23,26). The Morgan fingerprint density at radius 1 is 1.18 bits per heavy atom. The van der Waals surface area contributed by atoms with Gasteiger partial charge in [-0.15, -0.1) is 0 Å². The van der Waals surface area contributed by atoms with Crippen LogP contribution in [0.1, 0.15) is 49.9 Å². The SMILES string of the molecule is CN1Cc2cc(NC(=O)c3snc(-c4ccccc4)c3C3CC3)ccc2C1=O. The number of rotatable bonds is 4. The molecule has 2 heterocycles. The zero-order valence-corrected chi connectivity index (χ0v) is 16.3. The lowest BCUT2D eigenvalue weighted by atomic mass is 10.0. The summed E-state index contributed by atoms with van der Waals surface area (Å²) in [4.78, 5) is 27.4. The van der Waals surface area contributed by atoms with Crippen LogP contribution in [0.2, 0.25) is 0 Å². The topological polar surface area (TPSA) is 62.3 Å². The predicted octanol–water partition coefficient (Wildman–Crippen LogP) is 4.53. The fraction of sp³-hybridized carbons (Fsp3) is 0.227. The van der Waals surface area contributed by atoms with Crippen LogP contribution < -0.4 is 5.32 Å². The zero-order valence-electron chi connectivity index (χ0n) is 15.4. The lowest BCUT2D eigenvalue weighted by Gasteiger charge is -2.08. The minimum Gasteiger partial charge on any atom is -0.337 e. The summed E-state index contributed by atoms with van der Waals surface area (Å²) in [5, 5.41) is 3.01. The minimum atomic E-state index is -0.126. The van der Waals surface area contributed by atoms with E-state index in [1.165, 1.54) is 11.5 Å². The van der Waals surface area contributed by atoms with Crippen LogP contribution in [0.25, 0.3) is 11.3 Å². The molecule has 5 nitrogen and oxygen atoms in total. The van der Waals surface area contributed by atoms with Gasteiger partial charge in [-0.1, -0.05) is 30.3 Å². The maximum absolute atomic E-state index is 13.0. The molecule has 1 aliphatic carbocycles. The first-order valence-electron chi connectivity index (χ1n) is 9.36. The van der Waals surface area contributed by atoms with Crippen LogP contribution in [0, 0.1) is 0 Å². The first-order chi connectivity index (χ1) is 13.6. The number of nitrogens with zero attached hydrogens (tertiary/aromatic N) is 2. The molecule has 2 aromatic carbocycles. The number of carbonyl (C=O) groups excluding carboxylic acids is 2. The van der Waals surface area contributed by atoms with Gasteiger partial charge in [-0.2, -0.15) is 4.37 Å². The molecule has 28 heavy (non-hydrogen) atoms. The normalized spacial score (nSPS) is 15.6. The van der Waals surface area contributed by atoms with Crippen LogP contribution in [0.3, 0.4) is 0 Å². The van der Waals surface area contributed by atoms with Gasteiger partial charge in [-0.3, -0.25) is 9.59 Å². The maximum Gasteiger partial charge on any atom is 0.267 e. The first kappa shape index (κ1) is 17.1. The molecule has 0 spiro atoms. The van der Waals surface area contributed by atoms with Crippen molar-refractivity contribution in [2.75, 3.05) is 12.4 Å². The minimum absolute atomic E-state index is 0.0267. The molecule has 3 aromatic rings. The molecular weight excluding hydrogens is 370 g/mol. The van der Waals surface area contributed by atoms with Gasteiger partial charge in [0.2, 0.25) is 0 Å². The van der Waals surface area contributed by atoms with E-state index in [9.17, 15) is 9.59 Å². The molecule has 0 radical (unpaired) electrons. The number of hydrogen-bond acceptors (Lipinski definition) is 4. The lowest BCUT2D eigenvalue weighted by Crippen LogP contribution is -2.17. The van der Waals surface area contributed by atoms with Crippen molar-refractivity contribution >= 4 is 29.0 Å². The lowest BCUT2D eigenvalue weighted by molar-refractivity contribution is 0.0816. The second-order valence-electron chi connectivity index (χ2n) is 7.40. The Balaban J connectivity index is 1.45. The highest BCUT2D eigenvalue weighted by molar-refractivity contribution is 7.08. The van der Waals surface area contributed by atoms with Crippen molar-refractivity contribution < 1.29 is 9.59 Å². The molecule has 0 unspecified atom stereocenters. The van der Waals surface area contributed by atoms with Gasteiger partial charge >= 0.3 is 0 Å². The average molecular weight is 389 g/mol. The number of amides is 2. The number of benzene rings is 2. The van der Waals surface area contributed by atoms with E-state index >= 15 is 0 Å². The molecule has 0 saturated heterocycles. The number of nitrogens with one attached hydrogen (secondary N) is 1. The highest BCUT2D eigenvalue weighted by Gasteiger charge is 2.34. The molecule has 1 aromatic heterocycles. The summed E-state index contributed by atoms with van der Waals surface area (Å²) in [6, 6.07) is 15.5. The maximum atomic E-state index is 13.0. The van der Waals surface area contributed by atoms with Gasteiger partial charge in [0.15, 0.2) is 0 Å². The van der Waals surface area contributed by atoms with Crippen molar-refractivity contribution in [1.29, 1.82) is 0 Å². The summed E-state index contributed by atoms with van der Waals surface area (Å²) in [5.41, 5.74) is 5.43. The summed E-state index contributed by atoms with van der Waals surface area (Å²) in [5.74, 6) is 0.319. The Labute approximate surface area is 167 Å². The van der Waals surface area contributed by atoms with Gasteiger partial charge in [-0.25, -0.2) is 0 Å². The van der Waals surface area contributed by atoms with E-state index in [0.29, 0.717) is 28.6 Å². The monoisotopic (exact) mass is 389 g/mol. The summed E-state index contributed by atoms with van der Waals surface area (Å²) < 4.78 is 4.62. The molecule has 6 heteroatoms. The van der Waals surface area contributed by atoms with Crippen LogP contribution in [0.5, 0.6) is 0 Å². The molecule has 140 valence electrons. The number of aromatic nitrogens is 1. The summed E-state index contributed by atoms with van der Waals surface area (Å²) in [7, 11) is 1.78. The molecule has 1 saturated carbocycles. The molecule has 0 atom stereocenters. The van der Waals surface area contributed by atoms with Gasteiger partial charge in [0.05, 0.1) is 5.69 Å². The first-order valence-corrected chi connectivity index (χ1v) is 10.1. The van der Waals surface area contributed by atoms with Crippen molar-refractivity contribution in [3.63, 3.8) is 0 Å². The van der Waals surface area contributed by atoms with E-state index in [1.807, 2.05) is 36.4 Å². The van der Waals surface area contributed by atoms with Gasteiger partial charge in [-0.05, 0) is 54.1 Å². The molecule has 2 amide bonds. The molecular formula is C22H19N3O2S. The third-order valence-electron chi connectivity index (χ3n) is 5.31. The fourth-order valence-corrected chi connectivity index (χ4v) is 4.63. The van der Waals surface area contributed by atoms with Gasteiger partial charge in [0, 0.05) is 36.0 Å². The fourth-order valence-electron chi connectivity index (χ4n) is 3.75. The van der Waals surface area contributed by atoms with Crippen LogP contribution in [-0.4, -0.2) is 28.1 Å². The highest BCUT2D eigenvalue weighted by atomic mass is 32.1. The number of hydrogen-bond donors (Lipinski definition) is 1. The van der Waals surface area contributed by atoms with Crippen LogP contribution in [0.15, 0.2) is 48.5 Å². The van der Waals surface area contributed by atoms with Crippen molar-refractivity contribution in [3.05, 3.63) is 70.1 Å². The van der Waals surface area contributed by atoms with E-state index < -0.39 is 0 Å². The van der Waals surface area contributed by atoms with E-state index in [4.69, 9.17) is 0 Å².